The lowest BCUT2D eigenvalue weighted by atomic mass is 9.68. The number of halogens is 1. The number of esters is 1. The summed E-state index contributed by atoms with van der Waals surface area (Å²) in [4.78, 5) is 26.6. The summed E-state index contributed by atoms with van der Waals surface area (Å²) in [6.45, 7) is 8.35. The number of dihydropyridines is 1. The van der Waals surface area contributed by atoms with Crippen molar-refractivity contribution in [2.75, 3.05) is 13.7 Å². The Balaban J connectivity index is 1.80. The molecule has 2 aromatic rings. The van der Waals surface area contributed by atoms with Crippen molar-refractivity contribution in [3.8, 4) is 11.5 Å². The summed E-state index contributed by atoms with van der Waals surface area (Å²) in [5, 5.41) is 3.37. The Morgan fingerprint density at radius 3 is 2.58 bits per heavy atom. The molecule has 2 aliphatic rings. The summed E-state index contributed by atoms with van der Waals surface area (Å²) in [6, 6.07) is 13.4. The van der Waals surface area contributed by atoms with Gasteiger partial charge in [-0.05, 0) is 71.4 Å². The zero-order valence-electron chi connectivity index (χ0n) is 21.4. The molecule has 0 radical (unpaired) electrons. The number of methoxy groups -OCH3 is 1. The molecule has 0 spiro atoms. The Labute approximate surface area is 220 Å². The standard InChI is InChI=1S/C29H32BrNO5/c1-6-35-28(33)25-17(2)31-21-14-29(3,4)15-22(32)27(21)26(25)18-11-12-23(34-5)19(13-18)16-36-24-10-8-7-9-20(24)30/h7-13,26,31H,6,14-16H2,1-5H3/t26-/m0/s1. The Morgan fingerprint density at radius 1 is 1.14 bits per heavy atom. The molecule has 1 heterocycles. The summed E-state index contributed by atoms with van der Waals surface area (Å²) in [5.41, 5.74) is 4.19. The number of benzene rings is 2. The van der Waals surface area contributed by atoms with Gasteiger partial charge in [-0.1, -0.05) is 32.0 Å². The highest BCUT2D eigenvalue weighted by molar-refractivity contribution is 9.10. The van der Waals surface area contributed by atoms with Gasteiger partial charge >= 0.3 is 5.97 Å². The Bertz CT molecular complexity index is 1260. The minimum atomic E-state index is -0.531. The molecule has 0 aromatic heterocycles. The van der Waals surface area contributed by atoms with E-state index in [1.54, 1.807) is 14.0 Å². The van der Waals surface area contributed by atoms with Crippen molar-refractivity contribution >= 4 is 27.7 Å². The molecule has 1 aliphatic carbocycles. The highest BCUT2D eigenvalue weighted by atomic mass is 79.9. The smallest absolute Gasteiger partial charge is 0.336 e. The van der Waals surface area contributed by atoms with Crippen molar-refractivity contribution in [3.05, 3.63) is 80.6 Å². The highest BCUT2D eigenvalue weighted by Crippen LogP contribution is 2.47. The summed E-state index contributed by atoms with van der Waals surface area (Å²) >= 11 is 3.52. The number of carbonyl (C=O) groups is 2. The molecule has 1 N–H and O–H groups in total. The van der Waals surface area contributed by atoms with Gasteiger partial charge in [0, 0.05) is 34.9 Å². The van der Waals surface area contributed by atoms with E-state index in [0.29, 0.717) is 34.8 Å². The van der Waals surface area contributed by atoms with Crippen LogP contribution in [0.3, 0.4) is 0 Å². The Hall–Kier alpha value is -3.06. The first kappa shape index (κ1) is 26.0. The average molecular weight is 554 g/mol. The van der Waals surface area contributed by atoms with Crippen LogP contribution in [-0.2, 0) is 20.9 Å². The molecule has 0 bridgehead atoms. The fourth-order valence-electron chi connectivity index (χ4n) is 5.06. The second-order valence-corrected chi connectivity index (χ2v) is 10.8. The second-order valence-electron chi connectivity index (χ2n) is 9.94. The number of allylic oxidation sites excluding steroid dienone is 3. The largest absolute Gasteiger partial charge is 0.496 e. The van der Waals surface area contributed by atoms with E-state index in [2.05, 4.69) is 35.1 Å². The molecule has 1 aliphatic heterocycles. The predicted molar refractivity (Wildman–Crippen MR) is 142 cm³/mol. The number of carbonyl (C=O) groups excluding carboxylic acids is 2. The molecule has 2 aromatic carbocycles. The van der Waals surface area contributed by atoms with E-state index in [0.717, 1.165) is 27.7 Å². The van der Waals surface area contributed by atoms with Crippen LogP contribution in [0.5, 0.6) is 11.5 Å². The molecule has 190 valence electrons. The van der Waals surface area contributed by atoms with Crippen molar-refractivity contribution in [1.29, 1.82) is 0 Å². The van der Waals surface area contributed by atoms with Crippen molar-refractivity contribution in [2.24, 2.45) is 5.41 Å². The Morgan fingerprint density at radius 2 is 1.89 bits per heavy atom. The maximum Gasteiger partial charge on any atom is 0.336 e. The lowest BCUT2D eigenvalue weighted by molar-refractivity contribution is -0.138. The van der Waals surface area contributed by atoms with Crippen LogP contribution in [0.15, 0.2) is 69.5 Å². The van der Waals surface area contributed by atoms with Crippen LogP contribution in [0.25, 0.3) is 0 Å². The third-order valence-electron chi connectivity index (χ3n) is 6.59. The maximum atomic E-state index is 13.5. The third-order valence-corrected chi connectivity index (χ3v) is 7.25. The van der Waals surface area contributed by atoms with E-state index < -0.39 is 11.9 Å². The lowest BCUT2D eigenvalue weighted by Crippen LogP contribution is -2.38. The van der Waals surface area contributed by atoms with Crippen molar-refractivity contribution in [2.45, 2.75) is 53.1 Å². The molecule has 0 amide bonds. The number of hydrogen-bond donors (Lipinski definition) is 1. The number of nitrogens with one attached hydrogen (secondary N) is 1. The second kappa shape index (κ2) is 10.5. The first-order valence-electron chi connectivity index (χ1n) is 12.1. The lowest BCUT2D eigenvalue weighted by Gasteiger charge is -2.39. The van der Waals surface area contributed by atoms with Crippen LogP contribution in [0.4, 0.5) is 0 Å². The molecule has 0 saturated heterocycles. The van der Waals surface area contributed by atoms with Crippen molar-refractivity contribution < 1.29 is 23.8 Å². The number of Topliss-reactive ketones (excluding diaryl/α,β-unsaturated/α-hetero) is 1. The molecule has 36 heavy (non-hydrogen) atoms. The first-order chi connectivity index (χ1) is 17.1. The van der Waals surface area contributed by atoms with Crippen molar-refractivity contribution in [1.82, 2.24) is 5.32 Å². The van der Waals surface area contributed by atoms with Gasteiger partial charge in [-0.15, -0.1) is 0 Å². The summed E-state index contributed by atoms with van der Waals surface area (Å²) in [6.07, 6.45) is 1.15. The fraction of sp³-hybridized carbons (Fsp3) is 0.379. The zero-order valence-corrected chi connectivity index (χ0v) is 23.0. The molecular formula is C29H32BrNO5. The molecule has 0 fully saturated rings. The summed E-state index contributed by atoms with van der Waals surface area (Å²) < 4.78 is 18.0. The predicted octanol–water partition coefficient (Wildman–Crippen LogP) is 6.20. The number of hydrogen-bond acceptors (Lipinski definition) is 6. The van der Waals surface area contributed by atoms with Gasteiger partial charge < -0.3 is 19.5 Å². The van der Waals surface area contributed by atoms with E-state index in [1.165, 1.54) is 0 Å². The van der Waals surface area contributed by atoms with E-state index in [4.69, 9.17) is 14.2 Å². The van der Waals surface area contributed by atoms with Gasteiger partial charge in [-0.2, -0.15) is 0 Å². The Kier molecular flexibility index (Phi) is 7.59. The van der Waals surface area contributed by atoms with E-state index in [1.807, 2.05) is 49.4 Å². The third kappa shape index (κ3) is 5.21. The van der Waals surface area contributed by atoms with Gasteiger partial charge in [0.25, 0.3) is 0 Å². The quantitative estimate of drug-likeness (QED) is 0.411. The molecular weight excluding hydrogens is 522 g/mol. The topological polar surface area (TPSA) is 73.9 Å². The van der Waals surface area contributed by atoms with Gasteiger partial charge in [0.15, 0.2) is 5.78 Å². The molecule has 6 nitrogen and oxygen atoms in total. The average Bonchev–Trinajstić information content (AvgIpc) is 2.81. The van der Waals surface area contributed by atoms with E-state index in [-0.39, 0.29) is 24.4 Å². The highest BCUT2D eigenvalue weighted by Gasteiger charge is 2.43. The maximum absolute atomic E-state index is 13.5. The first-order valence-corrected chi connectivity index (χ1v) is 12.9. The monoisotopic (exact) mass is 553 g/mol. The van der Waals surface area contributed by atoms with Crippen LogP contribution in [-0.4, -0.2) is 25.5 Å². The zero-order chi connectivity index (χ0) is 26.0. The van der Waals surface area contributed by atoms with E-state index in [9.17, 15) is 9.59 Å². The van der Waals surface area contributed by atoms with Gasteiger partial charge in [0.05, 0.1) is 23.8 Å². The SMILES string of the molecule is CCOC(=O)C1=C(C)NC2=C(C(=O)CC(C)(C)C2)[C@H]1c1ccc(OC)c(COc2ccccc2Br)c1. The normalized spacial score (nSPS) is 18.9. The van der Waals surface area contributed by atoms with Gasteiger partial charge in [-0.25, -0.2) is 4.79 Å². The number of rotatable bonds is 7. The van der Waals surface area contributed by atoms with Gasteiger partial charge in [0.1, 0.15) is 18.1 Å². The number of para-hydroxylation sites is 1. The van der Waals surface area contributed by atoms with Crippen LogP contribution in [0.2, 0.25) is 0 Å². The van der Waals surface area contributed by atoms with Gasteiger partial charge in [-0.3, -0.25) is 4.79 Å². The summed E-state index contributed by atoms with van der Waals surface area (Å²) in [5.74, 6) is 0.485. The molecule has 0 unspecified atom stereocenters. The molecule has 4 rings (SSSR count). The number of ketones is 1. The van der Waals surface area contributed by atoms with E-state index >= 15 is 0 Å². The fourth-order valence-corrected chi connectivity index (χ4v) is 5.46. The molecule has 1 atom stereocenters. The van der Waals surface area contributed by atoms with Crippen LogP contribution < -0.4 is 14.8 Å². The van der Waals surface area contributed by atoms with Crippen molar-refractivity contribution in [3.63, 3.8) is 0 Å². The minimum Gasteiger partial charge on any atom is -0.496 e. The van der Waals surface area contributed by atoms with Crippen LogP contribution in [0, 0.1) is 5.41 Å². The molecule has 0 saturated carbocycles. The molecule has 7 heteroatoms. The van der Waals surface area contributed by atoms with Gasteiger partial charge in [0.2, 0.25) is 0 Å². The minimum absolute atomic E-state index is 0.0508. The number of ether oxygens (including phenoxy) is 3. The van der Waals surface area contributed by atoms with Crippen LogP contribution in [0.1, 0.15) is 57.6 Å². The summed E-state index contributed by atoms with van der Waals surface area (Å²) in [7, 11) is 1.61. The van der Waals surface area contributed by atoms with Crippen LogP contribution >= 0.6 is 15.9 Å².